The van der Waals surface area contributed by atoms with Gasteiger partial charge in [-0.1, -0.05) is 0 Å². The van der Waals surface area contributed by atoms with Crippen LogP contribution in [0.4, 0.5) is 0 Å². The van der Waals surface area contributed by atoms with E-state index in [1.165, 1.54) is 4.57 Å². The Labute approximate surface area is 110 Å². The molecule has 0 N–H and O–H groups in total. The average molecular weight is 258 g/mol. The highest BCUT2D eigenvalue weighted by atomic mass is 16.5. The summed E-state index contributed by atoms with van der Waals surface area (Å²) in [5.74, 6) is -0.324. The average Bonchev–Trinajstić information content (AvgIpc) is 3.19. The van der Waals surface area contributed by atoms with Crippen molar-refractivity contribution in [2.24, 2.45) is 5.92 Å². The van der Waals surface area contributed by atoms with Crippen molar-refractivity contribution in [1.82, 2.24) is 9.55 Å². The van der Waals surface area contributed by atoms with E-state index in [9.17, 15) is 9.59 Å². The highest BCUT2D eigenvalue weighted by Crippen LogP contribution is 2.32. The van der Waals surface area contributed by atoms with Crippen molar-refractivity contribution in [1.29, 1.82) is 0 Å². The maximum atomic E-state index is 12.2. The first-order chi connectivity index (χ1) is 9.22. The third-order valence-corrected chi connectivity index (χ3v) is 3.22. The molecule has 0 unspecified atom stereocenters. The van der Waals surface area contributed by atoms with E-state index in [0.29, 0.717) is 23.2 Å². The summed E-state index contributed by atoms with van der Waals surface area (Å²) in [6.07, 6.45) is 5.00. The van der Waals surface area contributed by atoms with Gasteiger partial charge in [0.25, 0.3) is 0 Å². The van der Waals surface area contributed by atoms with Crippen LogP contribution in [-0.2, 0) is 4.74 Å². The van der Waals surface area contributed by atoms with Gasteiger partial charge in [-0.15, -0.1) is 0 Å². The number of carbonyl (C=O) groups excluding carboxylic acids is 2. The van der Waals surface area contributed by atoms with Gasteiger partial charge in [0.15, 0.2) is 0 Å². The number of aromatic nitrogens is 2. The second-order valence-electron chi connectivity index (χ2n) is 4.62. The summed E-state index contributed by atoms with van der Waals surface area (Å²) in [6.45, 7) is 2.06. The smallest absolute Gasteiger partial charge is 0.340 e. The quantitative estimate of drug-likeness (QED) is 0.792. The fourth-order valence-corrected chi connectivity index (χ4v) is 2.13. The molecule has 2 aromatic rings. The molecule has 0 aromatic carbocycles. The maximum absolute atomic E-state index is 12.2. The third-order valence-electron chi connectivity index (χ3n) is 3.22. The first-order valence-corrected chi connectivity index (χ1v) is 6.39. The molecule has 1 saturated carbocycles. The minimum Gasteiger partial charge on any atom is -0.462 e. The largest absolute Gasteiger partial charge is 0.462 e. The monoisotopic (exact) mass is 258 g/mol. The van der Waals surface area contributed by atoms with Gasteiger partial charge in [-0.25, -0.2) is 9.78 Å². The van der Waals surface area contributed by atoms with Crippen molar-refractivity contribution in [3.8, 4) is 0 Å². The molecule has 1 fully saturated rings. The fourth-order valence-electron chi connectivity index (χ4n) is 2.13. The molecule has 0 radical (unpaired) electrons. The van der Waals surface area contributed by atoms with Gasteiger partial charge in [0.1, 0.15) is 5.65 Å². The van der Waals surface area contributed by atoms with Crippen LogP contribution in [0.2, 0.25) is 0 Å². The molecule has 0 saturated heterocycles. The van der Waals surface area contributed by atoms with Crippen molar-refractivity contribution >= 4 is 22.9 Å². The number of hydrogen-bond donors (Lipinski definition) is 0. The lowest BCUT2D eigenvalue weighted by atomic mass is 10.2. The molecule has 5 heteroatoms. The number of ether oxygens (including phenoxy) is 1. The Kier molecular flexibility index (Phi) is 2.81. The standard InChI is InChI=1S/C14H14N2O3/c1-2-19-14(18)11-8-16(13(17)9-5-6-9)12-10(11)4-3-7-15-12/h3-4,7-9H,2,5-6H2,1H3. The van der Waals surface area contributed by atoms with Gasteiger partial charge in [-0.2, -0.15) is 0 Å². The Morgan fingerprint density at radius 1 is 1.47 bits per heavy atom. The minimum atomic E-state index is -0.414. The van der Waals surface area contributed by atoms with Gasteiger partial charge in [0, 0.05) is 23.7 Å². The Hall–Kier alpha value is -2.17. The lowest BCUT2D eigenvalue weighted by Gasteiger charge is -2.00. The molecule has 0 amide bonds. The second-order valence-corrected chi connectivity index (χ2v) is 4.62. The van der Waals surface area contributed by atoms with Gasteiger partial charge in [-0.3, -0.25) is 9.36 Å². The first-order valence-electron chi connectivity index (χ1n) is 6.39. The minimum absolute atomic E-state index is 0.0132. The van der Waals surface area contributed by atoms with Gasteiger partial charge in [0.2, 0.25) is 5.91 Å². The topological polar surface area (TPSA) is 61.2 Å². The van der Waals surface area contributed by atoms with Crippen LogP contribution in [0.1, 0.15) is 34.9 Å². The first kappa shape index (κ1) is 11.9. The molecular weight excluding hydrogens is 244 g/mol. The number of esters is 1. The number of rotatable bonds is 3. The van der Waals surface area contributed by atoms with E-state index in [1.54, 1.807) is 31.5 Å². The van der Waals surface area contributed by atoms with Crippen LogP contribution in [0.25, 0.3) is 11.0 Å². The summed E-state index contributed by atoms with van der Waals surface area (Å²) in [7, 11) is 0. The highest BCUT2D eigenvalue weighted by Gasteiger charge is 2.32. The Balaban J connectivity index is 2.12. The predicted octanol–water partition coefficient (Wildman–Crippen LogP) is 2.26. The van der Waals surface area contributed by atoms with Gasteiger partial charge in [0.05, 0.1) is 12.2 Å². The molecule has 0 atom stereocenters. The number of carbonyl (C=O) groups is 2. The summed E-state index contributed by atoms with van der Waals surface area (Å²) in [6, 6.07) is 3.53. The van der Waals surface area contributed by atoms with E-state index < -0.39 is 5.97 Å². The van der Waals surface area contributed by atoms with Gasteiger partial charge in [-0.05, 0) is 31.9 Å². The maximum Gasteiger partial charge on any atom is 0.340 e. The summed E-state index contributed by atoms with van der Waals surface area (Å²) in [5, 5.41) is 0.662. The molecule has 2 aromatic heterocycles. The lowest BCUT2D eigenvalue weighted by molar-refractivity contribution is 0.0528. The summed E-state index contributed by atoms with van der Waals surface area (Å²) < 4.78 is 6.50. The van der Waals surface area contributed by atoms with Crippen LogP contribution in [0, 0.1) is 5.92 Å². The van der Waals surface area contributed by atoms with Gasteiger partial charge >= 0.3 is 5.97 Å². The van der Waals surface area contributed by atoms with Crippen LogP contribution in [0.5, 0.6) is 0 Å². The van der Waals surface area contributed by atoms with Crippen molar-refractivity contribution in [3.05, 3.63) is 30.1 Å². The SMILES string of the molecule is CCOC(=O)c1cn(C(=O)C2CC2)c2ncccc12. The van der Waals surface area contributed by atoms with E-state index in [-0.39, 0.29) is 11.8 Å². The molecule has 0 spiro atoms. The van der Waals surface area contributed by atoms with Crippen molar-refractivity contribution < 1.29 is 14.3 Å². The van der Waals surface area contributed by atoms with Crippen LogP contribution >= 0.6 is 0 Å². The second kappa shape index (κ2) is 4.50. The van der Waals surface area contributed by atoms with Crippen LogP contribution in [-0.4, -0.2) is 28.0 Å². The zero-order chi connectivity index (χ0) is 13.4. The fraction of sp³-hybridized carbons (Fsp3) is 0.357. The van der Waals surface area contributed by atoms with Crippen molar-refractivity contribution in [2.45, 2.75) is 19.8 Å². The number of pyridine rings is 1. The molecule has 19 heavy (non-hydrogen) atoms. The number of nitrogens with zero attached hydrogens (tertiary/aromatic N) is 2. The van der Waals surface area contributed by atoms with E-state index in [0.717, 1.165) is 12.8 Å². The molecule has 0 aliphatic heterocycles. The highest BCUT2D eigenvalue weighted by molar-refractivity contribution is 6.06. The van der Waals surface area contributed by atoms with Gasteiger partial charge < -0.3 is 4.74 Å². The third kappa shape index (κ3) is 2.01. The number of hydrogen-bond acceptors (Lipinski definition) is 4. The number of fused-ring (bicyclic) bond motifs is 1. The van der Waals surface area contributed by atoms with E-state index in [2.05, 4.69) is 4.98 Å². The molecule has 98 valence electrons. The summed E-state index contributed by atoms with van der Waals surface area (Å²) in [4.78, 5) is 28.3. The lowest BCUT2D eigenvalue weighted by Crippen LogP contribution is -2.12. The predicted molar refractivity (Wildman–Crippen MR) is 69.0 cm³/mol. The summed E-state index contributed by atoms with van der Waals surface area (Å²) in [5.41, 5.74) is 0.932. The zero-order valence-electron chi connectivity index (χ0n) is 10.6. The van der Waals surface area contributed by atoms with E-state index >= 15 is 0 Å². The normalized spacial score (nSPS) is 14.6. The molecule has 3 rings (SSSR count). The Morgan fingerprint density at radius 3 is 2.95 bits per heavy atom. The van der Waals surface area contributed by atoms with E-state index in [4.69, 9.17) is 4.74 Å². The van der Waals surface area contributed by atoms with Crippen molar-refractivity contribution in [3.63, 3.8) is 0 Å². The molecule has 5 nitrogen and oxygen atoms in total. The van der Waals surface area contributed by atoms with Crippen LogP contribution < -0.4 is 0 Å². The van der Waals surface area contributed by atoms with Crippen LogP contribution in [0.3, 0.4) is 0 Å². The Bertz CT molecular complexity index is 656. The molecule has 1 aliphatic rings. The van der Waals surface area contributed by atoms with E-state index in [1.807, 2.05) is 0 Å². The zero-order valence-corrected chi connectivity index (χ0v) is 10.6. The molecule has 2 heterocycles. The van der Waals surface area contributed by atoms with Crippen molar-refractivity contribution in [2.75, 3.05) is 6.61 Å². The molecule has 1 aliphatic carbocycles. The Morgan fingerprint density at radius 2 is 2.26 bits per heavy atom. The van der Waals surface area contributed by atoms with Crippen LogP contribution in [0.15, 0.2) is 24.5 Å². The molecule has 0 bridgehead atoms. The summed E-state index contributed by atoms with van der Waals surface area (Å²) >= 11 is 0. The molecular formula is C14H14N2O3.